The van der Waals surface area contributed by atoms with Crippen LogP contribution in [-0.4, -0.2) is 61.5 Å². The summed E-state index contributed by atoms with van der Waals surface area (Å²) in [5, 5.41) is 4.68. The minimum atomic E-state index is -0.112. The highest BCUT2D eigenvalue weighted by Gasteiger charge is 2.24. The van der Waals surface area contributed by atoms with Crippen molar-refractivity contribution in [2.45, 2.75) is 20.8 Å². The first-order chi connectivity index (χ1) is 13.5. The van der Waals surface area contributed by atoms with Crippen molar-refractivity contribution in [1.82, 2.24) is 15.0 Å². The number of rotatable bonds is 8. The third-order valence-corrected chi connectivity index (χ3v) is 5.55. The predicted molar refractivity (Wildman–Crippen MR) is 109 cm³/mol. The second-order valence-electron chi connectivity index (χ2n) is 6.61. The first-order valence-corrected chi connectivity index (χ1v) is 9.89. The zero-order valence-electron chi connectivity index (χ0n) is 16.9. The lowest BCUT2D eigenvalue weighted by molar-refractivity contribution is 0.0629. The van der Waals surface area contributed by atoms with E-state index >= 15 is 0 Å². The number of carbonyl (C=O) groups is 1. The lowest BCUT2D eigenvalue weighted by atomic mass is 10.0. The van der Waals surface area contributed by atoms with Crippen molar-refractivity contribution in [3.8, 4) is 11.3 Å². The van der Waals surface area contributed by atoms with Crippen molar-refractivity contribution < 1.29 is 18.8 Å². The van der Waals surface area contributed by atoms with Gasteiger partial charge in [-0.1, -0.05) is 5.16 Å². The Bertz CT molecular complexity index is 971. The summed E-state index contributed by atoms with van der Waals surface area (Å²) in [5.74, 6) is -0.112. The second kappa shape index (κ2) is 8.81. The topological polar surface area (TPSA) is 77.7 Å². The van der Waals surface area contributed by atoms with Crippen LogP contribution in [0.4, 0.5) is 0 Å². The standard InChI is InChI=1S/C20H25N3O4S/c1-12-10-15(14(3)28-12)17-11-16(18-13(2)22-27-19(18)21-17)20(24)23(6-8-25-4)7-9-26-5/h10-11H,6-9H2,1-5H3. The molecule has 0 aliphatic rings. The van der Waals surface area contributed by atoms with Crippen molar-refractivity contribution in [3.05, 3.63) is 33.1 Å². The molecule has 28 heavy (non-hydrogen) atoms. The lowest BCUT2D eigenvalue weighted by Crippen LogP contribution is -2.36. The zero-order valence-corrected chi connectivity index (χ0v) is 17.7. The van der Waals surface area contributed by atoms with Gasteiger partial charge in [-0.3, -0.25) is 4.79 Å². The summed E-state index contributed by atoms with van der Waals surface area (Å²) < 4.78 is 15.8. The number of amides is 1. The molecule has 7 nitrogen and oxygen atoms in total. The van der Waals surface area contributed by atoms with Crippen LogP contribution in [0.15, 0.2) is 16.7 Å². The fourth-order valence-electron chi connectivity index (χ4n) is 3.17. The van der Waals surface area contributed by atoms with Crippen LogP contribution in [0.5, 0.6) is 0 Å². The molecule has 0 saturated heterocycles. The Morgan fingerprint density at radius 2 is 1.82 bits per heavy atom. The van der Waals surface area contributed by atoms with E-state index in [9.17, 15) is 4.79 Å². The van der Waals surface area contributed by atoms with Gasteiger partial charge in [-0.05, 0) is 32.9 Å². The second-order valence-corrected chi connectivity index (χ2v) is 8.07. The number of hydrogen-bond acceptors (Lipinski definition) is 7. The van der Waals surface area contributed by atoms with Gasteiger partial charge < -0.3 is 18.9 Å². The Hall–Kier alpha value is -2.29. The molecule has 0 fully saturated rings. The van der Waals surface area contributed by atoms with Crippen molar-refractivity contribution in [3.63, 3.8) is 0 Å². The molecule has 0 N–H and O–H groups in total. The largest absolute Gasteiger partial charge is 0.383 e. The summed E-state index contributed by atoms with van der Waals surface area (Å²) in [4.78, 5) is 22.1. The molecule has 0 saturated carbocycles. The van der Waals surface area contributed by atoms with E-state index < -0.39 is 0 Å². The normalized spacial score (nSPS) is 11.3. The van der Waals surface area contributed by atoms with Gasteiger partial charge in [0.15, 0.2) is 0 Å². The van der Waals surface area contributed by atoms with E-state index in [0.717, 1.165) is 10.4 Å². The Kier molecular flexibility index (Phi) is 6.43. The van der Waals surface area contributed by atoms with Gasteiger partial charge in [-0.15, -0.1) is 11.3 Å². The number of methoxy groups -OCH3 is 2. The van der Waals surface area contributed by atoms with E-state index in [2.05, 4.69) is 30.1 Å². The number of carbonyl (C=O) groups excluding carboxylic acids is 1. The number of fused-ring (bicyclic) bond motifs is 1. The molecule has 3 rings (SSSR count). The molecule has 0 unspecified atom stereocenters. The predicted octanol–water partition coefficient (Wildman–Crippen LogP) is 3.61. The van der Waals surface area contributed by atoms with Gasteiger partial charge in [0.25, 0.3) is 11.6 Å². The summed E-state index contributed by atoms with van der Waals surface area (Å²) in [6.07, 6.45) is 0. The van der Waals surface area contributed by atoms with Crippen molar-refractivity contribution >= 4 is 28.3 Å². The Labute approximate surface area is 168 Å². The van der Waals surface area contributed by atoms with Gasteiger partial charge in [0, 0.05) is 42.6 Å². The van der Waals surface area contributed by atoms with Gasteiger partial charge in [0.05, 0.1) is 35.6 Å². The molecule has 0 radical (unpaired) electrons. The minimum absolute atomic E-state index is 0.112. The van der Waals surface area contributed by atoms with Crippen LogP contribution in [0.25, 0.3) is 22.4 Å². The number of nitrogens with zero attached hydrogens (tertiary/aromatic N) is 3. The molecule has 0 atom stereocenters. The Morgan fingerprint density at radius 1 is 1.14 bits per heavy atom. The smallest absolute Gasteiger partial charge is 0.259 e. The molecular formula is C20H25N3O4S. The average molecular weight is 404 g/mol. The Balaban J connectivity index is 2.10. The van der Waals surface area contributed by atoms with E-state index in [1.807, 2.05) is 13.0 Å². The number of hydrogen-bond donors (Lipinski definition) is 0. The van der Waals surface area contributed by atoms with Gasteiger partial charge in [0.2, 0.25) is 0 Å². The van der Waals surface area contributed by atoms with Crippen molar-refractivity contribution in [2.75, 3.05) is 40.5 Å². The molecule has 150 valence electrons. The number of thiophene rings is 1. The first kappa shape index (κ1) is 20.4. The van der Waals surface area contributed by atoms with Crippen molar-refractivity contribution in [1.29, 1.82) is 0 Å². The number of ether oxygens (including phenoxy) is 2. The zero-order chi connectivity index (χ0) is 20.3. The molecule has 3 aromatic rings. The van der Waals surface area contributed by atoms with Gasteiger partial charge in [-0.2, -0.15) is 0 Å². The maximum Gasteiger partial charge on any atom is 0.259 e. The summed E-state index contributed by atoms with van der Waals surface area (Å²) >= 11 is 1.70. The SMILES string of the molecule is COCCN(CCOC)C(=O)c1cc(-c2cc(C)sc2C)nc2onc(C)c12. The highest BCUT2D eigenvalue weighted by atomic mass is 32.1. The third-order valence-electron chi connectivity index (χ3n) is 4.58. The quantitative estimate of drug-likeness (QED) is 0.572. The maximum absolute atomic E-state index is 13.4. The molecule has 3 aromatic heterocycles. The fourth-order valence-corrected chi connectivity index (χ4v) is 4.11. The Morgan fingerprint density at radius 3 is 2.39 bits per heavy atom. The minimum Gasteiger partial charge on any atom is -0.383 e. The van der Waals surface area contributed by atoms with E-state index in [1.165, 1.54) is 4.88 Å². The van der Waals surface area contributed by atoms with E-state index in [4.69, 9.17) is 14.0 Å². The number of aryl methyl sites for hydroxylation is 3. The molecular weight excluding hydrogens is 378 g/mol. The summed E-state index contributed by atoms with van der Waals surface area (Å²) in [7, 11) is 3.24. The summed E-state index contributed by atoms with van der Waals surface area (Å²) in [6, 6.07) is 3.93. The fraction of sp³-hybridized carbons (Fsp3) is 0.450. The van der Waals surface area contributed by atoms with Crippen LogP contribution in [0.3, 0.4) is 0 Å². The van der Waals surface area contributed by atoms with Crippen LogP contribution < -0.4 is 0 Å². The molecule has 1 amide bonds. The summed E-state index contributed by atoms with van der Waals surface area (Å²) in [6.45, 7) is 7.76. The van der Waals surface area contributed by atoms with Gasteiger partial charge in [0.1, 0.15) is 0 Å². The van der Waals surface area contributed by atoms with E-state index in [1.54, 1.807) is 30.5 Å². The number of pyridine rings is 1. The van der Waals surface area contributed by atoms with Gasteiger partial charge >= 0.3 is 0 Å². The summed E-state index contributed by atoms with van der Waals surface area (Å²) in [5.41, 5.74) is 3.28. The molecule has 0 aliphatic carbocycles. The van der Waals surface area contributed by atoms with Gasteiger partial charge in [-0.25, -0.2) is 4.98 Å². The van der Waals surface area contributed by atoms with Crippen LogP contribution >= 0.6 is 11.3 Å². The van der Waals surface area contributed by atoms with Crippen LogP contribution in [0.2, 0.25) is 0 Å². The highest BCUT2D eigenvalue weighted by molar-refractivity contribution is 7.12. The highest BCUT2D eigenvalue weighted by Crippen LogP contribution is 2.33. The molecule has 8 heteroatoms. The molecule has 0 aromatic carbocycles. The lowest BCUT2D eigenvalue weighted by Gasteiger charge is -2.22. The number of aromatic nitrogens is 2. The molecule has 0 aliphatic heterocycles. The average Bonchev–Trinajstić information content (AvgIpc) is 3.22. The first-order valence-electron chi connectivity index (χ1n) is 9.07. The van der Waals surface area contributed by atoms with E-state index in [-0.39, 0.29) is 5.91 Å². The maximum atomic E-state index is 13.4. The van der Waals surface area contributed by atoms with Crippen LogP contribution in [-0.2, 0) is 9.47 Å². The molecule has 0 bridgehead atoms. The van der Waals surface area contributed by atoms with E-state index in [0.29, 0.717) is 54.4 Å². The van der Waals surface area contributed by atoms with Crippen molar-refractivity contribution in [2.24, 2.45) is 0 Å². The monoisotopic (exact) mass is 403 g/mol. The van der Waals surface area contributed by atoms with Crippen LogP contribution in [0, 0.1) is 20.8 Å². The third kappa shape index (κ3) is 4.09. The van der Waals surface area contributed by atoms with Crippen LogP contribution in [0.1, 0.15) is 25.8 Å². The molecule has 0 spiro atoms. The molecule has 3 heterocycles.